The van der Waals surface area contributed by atoms with Crippen molar-refractivity contribution < 1.29 is 8.42 Å². The van der Waals surface area contributed by atoms with Crippen LogP contribution in [0.1, 0.15) is 5.69 Å². The lowest BCUT2D eigenvalue weighted by atomic mass is 10.1. The van der Waals surface area contributed by atoms with Crippen molar-refractivity contribution in [2.75, 3.05) is 0 Å². The fourth-order valence-electron chi connectivity index (χ4n) is 2.42. The second-order valence-corrected chi connectivity index (χ2v) is 6.87. The first-order valence-corrected chi connectivity index (χ1v) is 8.64. The van der Waals surface area contributed by atoms with Gasteiger partial charge in [0.15, 0.2) is 11.5 Å². The SMILES string of the molecule is [C-]#[N+]c1ccc(-c2c(C)[nH]n(-c3ccc(S(N)(=O)=O)cn3)c2=O)cc1. The second-order valence-electron chi connectivity index (χ2n) is 5.31. The van der Waals surface area contributed by atoms with E-state index < -0.39 is 10.0 Å². The maximum absolute atomic E-state index is 12.7. The Kier molecular flexibility index (Phi) is 4.00. The summed E-state index contributed by atoms with van der Waals surface area (Å²) in [5.74, 6) is 0.240. The Morgan fingerprint density at radius 3 is 2.40 bits per heavy atom. The fourth-order valence-corrected chi connectivity index (χ4v) is 2.88. The van der Waals surface area contributed by atoms with E-state index in [0.717, 1.165) is 6.20 Å². The zero-order chi connectivity index (χ0) is 18.2. The molecule has 0 saturated carbocycles. The van der Waals surface area contributed by atoms with E-state index in [1.54, 1.807) is 31.2 Å². The number of aromatic nitrogens is 3. The van der Waals surface area contributed by atoms with E-state index in [0.29, 0.717) is 22.5 Å². The number of primary sulfonamides is 1. The van der Waals surface area contributed by atoms with Crippen LogP contribution in [0.4, 0.5) is 5.69 Å². The summed E-state index contributed by atoms with van der Waals surface area (Å²) >= 11 is 0. The molecule has 1 aromatic carbocycles. The van der Waals surface area contributed by atoms with E-state index in [9.17, 15) is 13.2 Å². The summed E-state index contributed by atoms with van der Waals surface area (Å²) in [4.78, 5) is 19.9. The van der Waals surface area contributed by atoms with Gasteiger partial charge in [-0.1, -0.05) is 24.3 Å². The van der Waals surface area contributed by atoms with Gasteiger partial charge in [0, 0.05) is 11.9 Å². The quantitative estimate of drug-likeness (QED) is 0.696. The van der Waals surface area contributed by atoms with Gasteiger partial charge in [-0.3, -0.25) is 9.89 Å². The van der Waals surface area contributed by atoms with Crippen LogP contribution in [-0.4, -0.2) is 23.2 Å². The molecular weight excluding hydrogens is 342 g/mol. The molecule has 3 aromatic rings. The lowest BCUT2D eigenvalue weighted by Gasteiger charge is -2.02. The van der Waals surface area contributed by atoms with Crippen molar-refractivity contribution in [3.63, 3.8) is 0 Å². The number of hydrogen-bond acceptors (Lipinski definition) is 4. The Morgan fingerprint density at radius 2 is 1.88 bits per heavy atom. The third-order valence-electron chi connectivity index (χ3n) is 3.63. The topological polar surface area (TPSA) is 115 Å². The zero-order valence-corrected chi connectivity index (χ0v) is 13.9. The molecular formula is C16H13N5O3S. The molecule has 0 aliphatic heterocycles. The monoisotopic (exact) mass is 355 g/mol. The summed E-state index contributed by atoms with van der Waals surface area (Å²) in [6.07, 6.45) is 1.09. The smallest absolute Gasteiger partial charge is 0.280 e. The van der Waals surface area contributed by atoms with Gasteiger partial charge in [-0.2, -0.15) is 0 Å². The molecule has 0 atom stereocenters. The lowest BCUT2D eigenvalue weighted by Crippen LogP contribution is -2.18. The summed E-state index contributed by atoms with van der Waals surface area (Å²) in [5.41, 5.74) is 1.90. The number of rotatable bonds is 3. The summed E-state index contributed by atoms with van der Waals surface area (Å²) < 4.78 is 23.8. The average molecular weight is 355 g/mol. The number of pyridine rings is 1. The molecule has 0 aliphatic rings. The number of aromatic amines is 1. The number of nitrogens with one attached hydrogen (secondary N) is 1. The van der Waals surface area contributed by atoms with Crippen molar-refractivity contribution in [3.8, 4) is 16.9 Å². The highest BCUT2D eigenvalue weighted by atomic mass is 32.2. The molecule has 9 heteroatoms. The molecule has 3 rings (SSSR count). The van der Waals surface area contributed by atoms with E-state index in [4.69, 9.17) is 11.7 Å². The first-order chi connectivity index (χ1) is 11.8. The highest BCUT2D eigenvalue weighted by molar-refractivity contribution is 7.89. The predicted molar refractivity (Wildman–Crippen MR) is 92.0 cm³/mol. The average Bonchev–Trinajstić information content (AvgIpc) is 2.89. The van der Waals surface area contributed by atoms with Gasteiger partial charge in [0.1, 0.15) is 4.90 Å². The van der Waals surface area contributed by atoms with Crippen molar-refractivity contribution >= 4 is 15.7 Å². The van der Waals surface area contributed by atoms with E-state index in [1.165, 1.54) is 16.8 Å². The number of aryl methyl sites for hydroxylation is 1. The minimum Gasteiger partial charge on any atom is -0.293 e. The third-order valence-corrected chi connectivity index (χ3v) is 4.53. The summed E-state index contributed by atoms with van der Waals surface area (Å²) in [6.45, 7) is 8.72. The number of nitrogens with two attached hydrogens (primary N) is 1. The fraction of sp³-hybridized carbons (Fsp3) is 0.0625. The molecule has 0 unspecified atom stereocenters. The van der Waals surface area contributed by atoms with Crippen LogP contribution in [0.5, 0.6) is 0 Å². The summed E-state index contributed by atoms with van der Waals surface area (Å²) in [6, 6.07) is 9.35. The van der Waals surface area contributed by atoms with E-state index in [-0.39, 0.29) is 16.3 Å². The number of benzene rings is 1. The predicted octanol–water partition coefficient (Wildman–Crippen LogP) is 1.73. The van der Waals surface area contributed by atoms with Crippen LogP contribution in [-0.2, 0) is 10.0 Å². The minimum atomic E-state index is -3.85. The number of sulfonamides is 1. The van der Waals surface area contributed by atoms with Gasteiger partial charge in [-0.25, -0.2) is 28.1 Å². The van der Waals surface area contributed by atoms with Crippen molar-refractivity contribution in [3.05, 3.63) is 70.1 Å². The zero-order valence-electron chi connectivity index (χ0n) is 13.1. The number of H-pyrrole nitrogens is 1. The molecule has 8 nitrogen and oxygen atoms in total. The first kappa shape index (κ1) is 16.6. The Balaban J connectivity index is 2.08. The van der Waals surface area contributed by atoms with Crippen LogP contribution in [0.25, 0.3) is 21.8 Å². The molecule has 2 heterocycles. The Bertz CT molecular complexity index is 1130. The van der Waals surface area contributed by atoms with Crippen LogP contribution in [0, 0.1) is 13.5 Å². The van der Waals surface area contributed by atoms with Crippen LogP contribution >= 0.6 is 0 Å². The van der Waals surface area contributed by atoms with Crippen LogP contribution in [0.15, 0.2) is 52.3 Å². The Morgan fingerprint density at radius 1 is 1.20 bits per heavy atom. The summed E-state index contributed by atoms with van der Waals surface area (Å²) in [5, 5.41) is 7.95. The third kappa shape index (κ3) is 3.08. The van der Waals surface area contributed by atoms with Crippen LogP contribution < -0.4 is 10.7 Å². The number of nitrogens with zero attached hydrogens (tertiary/aromatic N) is 3. The molecule has 0 fully saturated rings. The molecule has 0 amide bonds. The maximum atomic E-state index is 12.7. The van der Waals surface area contributed by atoms with Gasteiger partial charge in [0.05, 0.1) is 12.1 Å². The minimum absolute atomic E-state index is 0.137. The van der Waals surface area contributed by atoms with Crippen molar-refractivity contribution in [1.29, 1.82) is 0 Å². The standard InChI is InChI=1S/C16H13N5O3S/c1-10-15(11-3-5-12(18-2)6-4-11)16(22)21(20-10)14-8-7-13(9-19-14)25(17,23)24/h3-9,20H,1H3,(H2,17,23,24). The van der Waals surface area contributed by atoms with E-state index in [2.05, 4.69) is 14.9 Å². The molecule has 0 spiro atoms. The van der Waals surface area contributed by atoms with Gasteiger partial charge in [-0.15, -0.1) is 0 Å². The molecule has 0 bridgehead atoms. The summed E-state index contributed by atoms with van der Waals surface area (Å²) in [7, 11) is -3.85. The van der Waals surface area contributed by atoms with Gasteiger partial charge >= 0.3 is 0 Å². The Labute approximate surface area is 143 Å². The molecule has 0 radical (unpaired) electrons. The maximum Gasteiger partial charge on any atom is 0.280 e. The Hall–Kier alpha value is -3.22. The van der Waals surface area contributed by atoms with Gasteiger partial charge < -0.3 is 0 Å². The largest absolute Gasteiger partial charge is 0.293 e. The molecule has 3 N–H and O–H groups in total. The van der Waals surface area contributed by atoms with Crippen molar-refractivity contribution in [1.82, 2.24) is 14.8 Å². The normalized spacial score (nSPS) is 11.2. The van der Waals surface area contributed by atoms with Crippen molar-refractivity contribution in [2.24, 2.45) is 5.14 Å². The molecule has 0 saturated heterocycles. The van der Waals surface area contributed by atoms with Crippen LogP contribution in [0.2, 0.25) is 0 Å². The van der Waals surface area contributed by atoms with Gasteiger partial charge in [0.25, 0.3) is 5.56 Å². The van der Waals surface area contributed by atoms with Crippen molar-refractivity contribution in [2.45, 2.75) is 11.8 Å². The molecule has 0 aliphatic carbocycles. The highest BCUT2D eigenvalue weighted by Crippen LogP contribution is 2.22. The number of hydrogen-bond donors (Lipinski definition) is 2. The second kappa shape index (κ2) is 6.01. The van der Waals surface area contributed by atoms with Crippen LogP contribution in [0.3, 0.4) is 0 Å². The first-order valence-electron chi connectivity index (χ1n) is 7.10. The van der Waals surface area contributed by atoms with E-state index in [1.807, 2.05) is 0 Å². The highest BCUT2D eigenvalue weighted by Gasteiger charge is 2.16. The van der Waals surface area contributed by atoms with E-state index >= 15 is 0 Å². The van der Waals surface area contributed by atoms with Gasteiger partial charge in [-0.05, 0) is 24.6 Å². The van der Waals surface area contributed by atoms with Gasteiger partial charge in [0.2, 0.25) is 10.0 Å². The lowest BCUT2D eigenvalue weighted by molar-refractivity contribution is 0.597. The molecule has 126 valence electrons. The molecule has 25 heavy (non-hydrogen) atoms. The molecule has 2 aromatic heterocycles.